The number of hydrogen-bond acceptors (Lipinski definition) is 6. The van der Waals surface area contributed by atoms with Crippen molar-refractivity contribution >= 4 is 29.3 Å². The number of nitrogens with zero attached hydrogens (tertiary/aromatic N) is 2. The quantitative estimate of drug-likeness (QED) is 0.222. The Morgan fingerprint density at radius 1 is 1.43 bits per heavy atom. The molecule has 2 aromatic rings. The van der Waals surface area contributed by atoms with E-state index >= 15 is 0 Å². The highest BCUT2D eigenvalue weighted by atomic mass is 35.5. The van der Waals surface area contributed by atoms with Gasteiger partial charge in [-0.2, -0.15) is 5.26 Å². The van der Waals surface area contributed by atoms with Gasteiger partial charge in [-0.05, 0) is 37.6 Å². The molecule has 1 amide bonds. The number of nitriles is 1. The van der Waals surface area contributed by atoms with E-state index in [2.05, 4.69) is 5.32 Å². The number of nitro benzene ring substituents is 1. The highest BCUT2D eigenvalue weighted by Gasteiger charge is 2.19. The van der Waals surface area contributed by atoms with Crippen LogP contribution in [0.2, 0.25) is 5.02 Å². The second kappa shape index (κ2) is 10.3. The van der Waals surface area contributed by atoms with Crippen LogP contribution in [-0.4, -0.2) is 30.6 Å². The summed E-state index contributed by atoms with van der Waals surface area (Å²) in [6.45, 7) is 3.37. The Labute approximate surface area is 166 Å². The number of halogens is 1. The molecule has 0 aliphatic rings. The molecule has 0 saturated heterocycles. The molecule has 0 radical (unpaired) electrons. The highest BCUT2D eigenvalue weighted by Crippen LogP contribution is 2.33. The summed E-state index contributed by atoms with van der Waals surface area (Å²) < 4.78 is 10.7. The summed E-state index contributed by atoms with van der Waals surface area (Å²) in [6, 6.07) is 9.08. The van der Waals surface area contributed by atoms with Gasteiger partial charge in [0.05, 0.1) is 10.5 Å². The van der Waals surface area contributed by atoms with Gasteiger partial charge in [-0.25, -0.2) is 0 Å². The number of nitro groups is 1. The molecule has 0 aliphatic carbocycles. The Hall–Kier alpha value is -3.15. The number of nitrogens with one attached hydrogen (secondary N) is 1. The largest absolute Gasteiger partial charge is 0.456 e. The van der Waals surface area contributed by atoms with E-state index < -0.39 is 10.8 Å². The molecular weight excluding hydrogens is 386 g/mol. The molecule has 0 bridgehead atoms. The number of ether oxygens (including phenoxy) is 1. The average Bonchev–Trinajstić information content (AvgIpc) is 3.14. The Bertz CT molecular complexity index is 930. The van der Waals surface area contributed by atoms with Crippen molar-refractivity contribution in [3.8, 4) is 17.4 Å². The summed E-state index contributed by atoms with van der Waals surface area (Å²) in [5.74, 6) is -0.0845. The first-order valence-electron chi connectivity index (χ1n) is 8.48. The van der Waals surface area contributed by atoms with Crippen LogP contribution < -0.4 is 5.32 Å². The molecule has 8 nitrogen and oxygen atoms in total. The maximum atomic E-state index is 12.1. The first-order chi connectivity index (χ1) is 13.5. The smallest absolute Gasteiger partial charge is 0.281 e. The number of amides is 1. The molecule has 0 spiro atoms. The van der Waals surface area contributed by atoms with Gasteiger partial charge in [-0.15, -0.1) is 0 Å². The lowest BCUT2D eigenvalue weighted by Crippen LogP contribution is -2.26. The van der Waals surface area contributed by atoms with Gasteiger partial charge in [0, 0.05) is 36.9 Å². The van der Waals surface area contributed by atoms with Crippen molar-refractivity contribution in [2.24, 2.45) is 0 Å². The predicted molar refractivity (Wildman–Crippen MR) is 104 cm³/mol. The molecule has 146 valence electrons. The number of carbonyl (C=O) groups is 1. The van der Waals surface area contributed by atoms with E-state index in [0.717, 1.165) is 0 Å². The van der Waals surface area contributed by atoms with Crippen molar-refractivity contribution in [2.75, 3.05) is 19.8 Å². The molecule has 1 heterocycles. The molecule has 1 N–H and O–H groups in total. The fourth-order valence-corrected chi connectivity index (χ4v) is 2.51. The number of furan rings is 1. The zero-order valence-corrected chi connectivity index (χ0v) is 15.9. The topological polar surface area (TPSA) is 118 Å². The minimum Gasteiger partial charge on any atom is -0.456 e. The van der Waals surface area contributed by atoms with Gasteiger partial charge in [0.25, 0.3) is 11.6 Å². The molecule has 9 heteroatoms. The monoisotopic (exact) mass is 403 g/mol. The molecule has 2 rings (SSSR count). The Kier molecular flexibility index (Phi) is 7.75. The summed E-state index contributed by atoms with van der Waals surface area (Å²) in [4.78, 5) is 22.7. The lowest BCUT2D eigenvalue weighted by molar-refractivity contribution is -0.384. The van der Waals surface area contributed by atoms with Crippen LogP contribution in [0.3, 0.4) is 0 Å². The van der Waals surface area contributed by atoms with Crippen molar-refractivity contribution in [1.82, 2.24) is 5.32 Å². The molecule has 1 aromatic heterocycles. The average molecular weight is 404 g/mol. The maximum absolute atomic E-state index is 12.1. The van der Waals surface area contributed by atoms with E-state index in [9.17, 15) is 20.2 Å². The molecular formula is C19H18ClN3O5. The number of hydrogen-bond donors (Lipinski definition) is 1. The van der Waals surface area contributed by atoms with Gasteiger partial charge < -0.3 is 14.5 Å². The van der Waals surface area contributed by atoms with Crippen molar-refractivity contribution in [3.05, 3.63) is 56.8 Å². The third-order valence-corrected chi connectivity index (χ3v) is 3.89. The lowest BCUT2D eigenvalue weighted by atomic mass is 10.1. The first-order valence-corrected chi connectivity index (χ1v) is 8.86. The van der Waals surface area contributed by atoms with Gasteiger partial charge in [-0.1, -0.05) is 11.6 Å². The molecule has 0 aliphatic heterocycles. The van der Waals surface area contributed by atoms with E-state index in [-0.39, 0.29) is 33.4 Å². The SMILES string of the molecule is CCOCCCNC(=O)/C(C#N)=C/c1ccc(-c2ccc(Cl)cc2[N+](=O)[O-])o1. The van der Waals surface area contributed by atoms with Crippen molar-refractivity contribution < 1.29 is 18.9 Å². The third kappa shape index (κ3) is 5.67. The van der Waals surface area contributed by atoms with Gasteiger partial charge in [-0.3, -0.25) is 14.9 Å². The zero-order chi connectivity index (χ0) is 20.5. The van der Waals surface area contributed by atoms with Crippen LogP contribution in [0.15, 0.2) is 40.3 Å². The van der Waals surface area contributed by atoms with Crippen LogP contribution in [-0.2, 0) is 9.53 Å². The van der Waals surface area contributed by atoms with Crippen molar-refractivity contribution in [1.29, 1.82) is 5.26 Å². The number of carbonyl (C=O) groups excluding carboxylic acids is 1. The van der Waals surface area contributed by atoms with E-state index in [1.54, 1.807) is 0 Å². The van der Waals surface area contributed by atoms with E-state index in [0.29, 0.717) is 26.2 Å². The summed E-state index contributed by atoms with van der Waals surface area (Å²) >= 11 is 5.81. The fraction of sp³-hybridized carbons (Fsp3) is 0.263. The van der Waals surface area contributed by atoms with Gasteiger partial charge in [0.1, 0.15) is 23.2 Å². The van der Waals surface area contributed by atoms with Crippen LogP contribution in [0, 0.1) is 21.4 Å². The Morgan fingerprint density at radius 2 is 2.21 bits per heavy atom. The van der Waals surface area contributed by atoms with Crippen LogP contribution in [0.4, 0.5) is 5.69 Å². The number of rotatable bonds is 9. The van der Waals surface area contributed by atoms with Crippen LogP contribution in [0.25, 0.3) is 17.4 Å². The van der Waals surface area contributed by atoms with Crippen molar-refractivity contribution in [3.63, 3.8) is 0 Å². The maximum Gasteiger partial charge on any atom is 0.281 e. The molecule has 0 atom stereocenters. The Morgan fingerprint density at radius 3 is 2.89 bits per heavy atom. The predicted octanol–water partition coefficient (Wildman–Crippen LogP) is 3.96. The molecule has 1 aromatic carbocycles. The minimum atomic E-state index is -0.560. The van der Waals surface area contributed by atoms with E-state index in [4.69, 9.17) is 20.8 Å². The normalized spacial score (nSPS) is 11.1. The summed E-state index contributed by atoms with van der Waals surface area (Å²) in [7, 11) is 0. The first kappa shape index (κ1) is 21.2. The van der Waals surface area contributed by atoms with Crippen LogP contribution in [0.1, 0.15) is 19.1 Å². The summed E-state index contributed by atoms with van der Waals surface area (Å²) in [5.41, 5.74) is -0.0965. The molecule has 0 fully saturated rings. The van der Waals surface area contributed by atoms with Gasteiger partial charge >= 0.3 is 0 Å². The lowest BCUT2D eigenvalue weighted by Gasteiger charge is -2.04. The van der Waals surface area contributed by atoms with Gasteiger partial charge in [0.2, 0.25) is 0 Å². The summed E-state index contributed by atoms with van der Waals surface area (Å²) in [6.07, 6.45) is 1.91. The zero-order valence-electron chi connectivity index (χ0n) is 15.1. The van der Waals surface area contributed by atoms with E-state index in [1.807, 2.05) is 13.0 Å². The minimum absolute atomic E-state index is 0.136. The second-order valence-electron chi connectivity index (χ2n) is 5.60. The van der Waals surface area contributed by atoms with Crippen LogP contribution in [0.5, 0.6) is 0 Å². The molecule has 0 unspecified atom stereocenters. The molecule has 0 saturated carbocycles. The highest BCUT2D eigenvalue weighted by molar-refractivity contribution is 6.30. The fourth-order valence-electron chi connectivity index (χ4n) is 2.35. The number of benzene rings is 1. The third-order valence-electron chi connectivity index (χ3n) is 3.66. The van der Waals surface area contributed by atoms with Crippen LogP contribution >= 0.6 is 11.6 Å². The van der Waals surface area contributed by atoms with E-state index in [1.165, 1.54) is 36.4 Å². The van der Waals surface area contributed by atoms with Crippen molar-refractivity contribution in [2.45, 2.75) is 13.3 Å². The standard InChI is InChI=1S/C19H18ClN3O5/c1-2-27-9-3-8-22-19(24)13(12-21)10-15-5-7-18(28-15)16-6-4-14(20)11-17(16)23(25)26/h4-7,10-11H,2-3,8-9H2,1H3,(H,22,24)/b13-10+. The second-order valence-corrected chi connectivity index (χ2v) is 6.03. The summed E-state index contributed by atoms with van der Waals surface area (Å²) in [5, 5.41) is 23.3. The van der Waals surface area contributed by atoms with Gasteiger partial charge in [0.15, 0.2) is 0 Å². The Balaban J connectivity index is 2.15. The molecule has 28 heavy (non-hydrogen) atoms.